The fraction of sp³-hybridized carbons (Fsp3) is 0.818. The van der Waals surface area contributed by atoms with E-state index in [0.29, 0.717) is 19.8 Å². The van der Waals surface area contributed by atoms with Crippen molar-refractivity contribution in [2.75, 3.05) is 19.8 Å². The van der Waals surface area contributed by atoms with Crippen molar-refractivity contribution >= 4 is 16.9 Å². The monoisotopic (exact) mass is 262 g/mol. The number of rotatable bonds is 8. The molecular formula is C11H26O3Si2. The Balaban J connectivity index is 4.78. The van der Waals surface area contributed by atoms with Gasteiger partial charge in [0.25, 0.3) is 0 Å². The second kappa shape index (κ2) is 7.39. The summed E-state index contributed by atoms with van der Waals surface area (Å²) in [4.78, 5) is 0. The van der Waals surface area contributed by atoms with E-state index in [4.69, 9.17) is 13.3 Å². The van der Waals surface area contributed by atoms with Crippen LogP contribution in [0, 0.1) is 0 Å². The zero-order chi connectivity index (χ0) is 12.7. The van der Waals surface area contributed by atoms with Crippen molar-refractivity contribution in [2.24, 2.45) is 0 Å². The van der Waals surface area contributed by atoms with Crippen molar-refractivity contribution in [1.82, 2.24) is 0 Å². The summed E-state index contributed by atoms with van der Waals surface area (Å²) >= 11 is 0. The molecule has 3 nitrogen and oxygen atoms in total. The van der Waals surface area contributed by atoms with Crippen LogP contribution in [0.3, 0.4) is 0 Å². The van der Waals surface area contributed by atoms with Gasteiger partial charge in [0, 0.05) is 19.8 Å². The van der Waals surface area contributed by atoms with E-state index in [1.54, 1.807) is 0 Å². The standard InChI is InChI=1S/C11H26O3Si2/c1-7-12-16(13-8-2,14-9-3)11-10-15(4,5)6/h10-11H,7-9H2,1-6H3/b11-10+. The van der Waals surface area contributed by atoms with Gasteiger partial charge in [0.2, 0.25) is 0 Å². The summed E-state index contributed by atoms with van der Waals surface area (Å²) in [6.45, 7) is 14.7. The second-order valence-corrected chi connectivity index (χ2v) is 12.1. The van der Waals surface area contributed by atoms with Crippen LogP contribution < -0.4 is 0 Å². The fourth-order valence-electron chi connectivity index (χ4n) is 1.22. The molecule has 0 bridgehead atoms. The predicted molar refractivity (Wildman–Crippen MR) is 73.1 cm³/mol. The highest BCUT2D eigenvalue weighted by molar-refractivity contribution is 6.82. The minimum Gasteiger partial charge on any atom is -0.371 e. The summed E-state index contributed by atoms with van der Waals surface area (Å²) in [7, 11) is -3.79. The molecule has 0 aromatic heterocycles. The summed E-state index contributed by atoms with van der Waals surface area (Å²) in [6.07, 6.45) is 0. The van der Waals surface area contributed by atoms with Crippen molar-refractivity contribution in [2.45, 2.75) is 40.4 Å². The zero-order valence-electron chi connectivity index (χ0n) is 11.5. The van der Waals surface area contributed by atoms with Crippen LogP contribution in [0.25, 0.3) is 0 Å². The summed E-state index contributed by atoms with van der Waals surface area (Å²) in [6, 6.07) is 0. The maximum Gasteiger partial charge on any atom is 0.528 e. The SMILES string of the molecule is CCO[Si](/C=C/[Si](C)(C)C)(OCC)OCC. The normalized spacial score (nSPS) is 13.6. The summed E-state index contributed by atoms with van der Waals surface area (Å²) < 4.78 is 17.2. The Morgan fingerprint density at radius 3 is 1.38 bits per heavy atom. The van der Waals surface area contributed by atoms with E-state index < -0.39 is 16.9 Å². The van der Waals surface area contributed by atoms with Gasteiger partial charge < -0.3 is 13.3 Å². The van der Waals surface area contributed by atoms with Gasteiger partial charge in [0.15, 0.2) is 0 Å². The first-order chi connectivity index (χ1) is 7.39. The molecule has 0 aliphatic carbocycles. The molecule has 0 aliphatic heterocycles. The molecule has 0 aliphatic rings. The van der Waals surface area contributed by atoms with Crippen molar-refractivity contribution in [3.63, 3.8) is 0 Å². The molecule has 0 atom stereocenters. The first kappa shape index (κ1) is 16.1. The summed E-state index contributed by atoms with van der Waals surface area (Å²) in [5.41, 5.74) is 4.32. The van der Waals surface area contributed by atoms with Crippen molar-refractivity contribution in [3.8, 4) is 0 Å². The predicted octanol–water partition coefficient (Wildman–Crippen LogP) is 3.01. The lowest BCUT2D eigenvalue weighted by Gasteiger charge is -2.26. The number of hydrogen-bond acceptors (Lipinski definition) is 3. The molecule has 0 spiro atoms. The molecule has 0 amide bonds. The van der Waals surface area contributed by atoms with Gasteiger partial charge in [-0.15, -0.1) is 0 Å². The Kier molecular flexibility index (Phi) is 7.42. The van der Waals surface area contributed by atoms with Crippen LogP contribution >= 0.6 is 0 Å². The van der Waals surface area contributed by atoms with Crippen LogP contribution in [0.1, 0.15) is 20.8 Å². The average molecular weight is 262 g/mol. The third kappa shape index (κ3) is 6.60. The van der Waals surface area contributed by atoms with E-state index in [1.165, 1.54) is 0 Å². The second-order valence-electron chi connectivity index (χ2n) is 4.60. The van der Waals surface area contributed by atoms with Crippen LogP contribution in [0.2, 0.25) is 19.6 Å². The van der Waals surface area contributed by atoms with E-state index in [9.17, 15) is 0 Å². The molecule has 0 rings (SSSR count). The van der Waals surface area contributed by atoms with Crippen molar-refractivity contribution < 1.29 is 13.3 Å². The first-order valence-electron chi connectivity index (χ1n) is 6.01. The minimum atomic E-state index is -2.55. The quantitative estimate of drug-likeness (QED) is 0.629. The van der Waals surface area contributed by atoms with Gasteiger partial charge in [-0.25, -0.2) is 0 Å². The zero-order valence-corrected chi connectivity index (χ0v) is 13.5. The Morgan fingerprint density at radius 2 is 1.12 bits per heavy atom. The Hall–Kier alpha value is 0.0538. The third-order valence-electron chi connectivity index (χ3n) is 1.82. The lowest BCUT2D eigenvalue weighted by molar-refractivity contribution is 0.0843. The van der Waals surface area contributed by atoms with E-state index in [1.807, 2.05) is 20.8 Å². The average Bonchev–Trinajstić information content (AvgIpc) is 2.15. The highest BCUT2D eigenvalue weighted by Crippen LogP contribution is 2.14. The Bertz CT molecular complexity index is 195. The minimum absolute atomic E-state index is 0.627. The molecule has 0 aromatic carbocycles. The van der Waals surface area contributed by atoms with Crippen LogP contribution in [-0.2, 0) is 13.3 Å². The molecule has 0 saturated heterocycles. The molecule has 0 heterocycles. The smallest absolute Gasteiger partial charge is 0.371 e. The van der Waals surface area contributed by atoms with Gasteiger partial charge in [0.1, 0.15) is 0 Å². The molecule has 0 fully saturated rings. The molecular weight excluding hydrogens is 236 g/mol. The van der Waals surface area contributed by atoms with Gasteiger partial charge >= 0.3 is 8.80 Å². The van der Waals surface area contributed by atoms with Crippen LogP contribution in [0.15, 0.2) is 11.4 Å². The maximum absolute atomic E-state index is 5.74. The molecule has 5 heteroatoms. The lowest BCUT2D eigenvalue weighted by atomic mass is 10.9. The third-order valence-corrected chi connectivity index (χ3v) is 5.97. The van der Waals surface area contributed by atoms with E-state index in [2.05, 4.69) is 31.0 Å². The highest BCUT2D eigenvalue weighted by Gasteiger charge is 2.37. The van der Waals surface area contributed by atoms with E-state index >= 15 is 0 Å². The van der Waals surface area contributed by atoms with Gasteiger partial charge in [-0.05, 0) is 26.5 Å². The molecule has 0 radical (unpaired) electrons. The first-order valence-corrected chi connectivity index (χ1v) is 11.4. The molecule has 0 unspecified atom stereocenters. The van der Waals surface area contributed by atoms with Crippen molar-refractivity contribution in [3.05, 3.63) is 11.4 Å². The molecule has 0 aromatic rings. The van der Waals surface area contributed by atoms with Crippen molar-refractivity contribution in [1.29, 1.82) is 0 Å². The Labute approximate surface area is 102 Å². The number of hydrogen-bond donors (Lipinski definition) is 0. The maximum atomic E-state index is 5.74. The lowest BCUT2D eigenvalue weighted by Crippen LogP contribution is -2.45. The summed E-state index contributed by atoms with van der Waals surface area (Å²) in [5, 5.41) is 0. The topological polar surface area (TPSA) is 27.7 Å². The highest BCUT2D eigenvalue weighted by atomic mass is 28.4. The van der Waals surface area contributed by atoms with E-state index in [-0.39, 0.29) is 0 Å². The van der Waals surface area contributed by atoms with Crippen LogP contribution in [0.5, 0.6) is 0 Å². The van der Waals surface area contributed by atoms with E-state index in [0.717, 1.165) is 0 Å². The van der Waals surface area contributed by atoms with Gasteiger partial charge in [0.05, 0.1) is 8.07 Å². The molecule has 96 valence electrons. The van der Waals surface area contributed by atoms with Gasteiger partial charge in [-0.3, -0.25) is 0 Å². The molecule has 16 heavy (non-hydrogen) atoms. The molecule has 0 saturated carbocycles. The van der Waals surface area contributed by atoms with Crippen LogP contribution in [-0.4, -0.2) is 36.7 Å². The Morgan fingerprint density at radius 1 is 0.750 bits per heavy atom. The fourth-order valence-corrected chi connectivity index (χ4v) is 5.79. The largest absolute Gasteiger partial charge is 0.528 e. The molecule has 0 N–H and O–H groups in total. The summed E-state index contributed by atoms with van der Waals surface area (Å²) in [5.74, 6) is 0. The van der Waals surface area contributed by atoms with Crippen LogP contribution in [0.4, 0.5) is 0 Å². The van der Waals surface area contributed by atoms with Gasteiger partial charge in [-0.1, -0.05) is 25.3 Å². The van der Waals surface area contributed by atoms with Gasteiger partial charge in [-0.2, -0.15) is 0 Å².